The van der Waals surface area contributed by atoms with E-state index in [9.17, 15) is 14.4 Å². The molecule has 2 amide bonds. The van der Waals surface area contributed by atoms with Crippen molar-refractivity contribution >= 4 is 45.8 Å². The van der Waals surface area contributed by atoms with Crippen LogP contribution in [0.15, 0.2) is 72.8 Å². The summed E-state index contributed by atoms with van der Waals surface area (Å²) in [6, 6.07) is 22.4. The number of carbonyl (C=O) groups excluding carboxylic acids is 3. The molecule has 2 saturated carbocycles. The number of rotatable bonds is 11. The van der Waals surface area contributed by atoms with Crippen molar-refractivity contribution in [3.8, 4) is 11.5 Å². The third-order valence-electron chi connectivity index (χ3n) is 10.5. The highest BCUT2D eigenvalue weighted by Crippen LogP contribution is 2.41. The van der Waals surface area contributed by atoms with E-state index in [4.69, 9.17) is 25.8 Å². The van der Waals surface area contributed by atoms with Gasteiger partial charge in [-0.2, -0.15) is 0 Å². The van der Waals surface area contributed by atoms with Gasteiger partial charge in [0.15, 0.2) is 0 Å². The summed E-state index contributed by atoms with van der Waals surface area (Å²) in [7, 11) is 1.51. The van der Waals surface area contributed by atoms with Crippen LogP contribution in [0.1, 0.15) is 90.6 Å². The van der Waals surface area contributed by atoms with E-state index in [1.807, 2.05) is 44.2 Å². The summed E-state index contributed by atoms with van der Waals surface area (Å²) in [6.45, 7) is 6.82. The number of hydrogen-bond donors (Lipinski definition) is 2. The Labute approximate surface area is 298 Å². The van der Waals surface area contributed by atoms with Crippen LogP contribution in [0.4, 0.5) is 5.69 Å². The summed E-state index contributed by atoms with van der Waals surface area (Å²) >= 11 is 6.26. The number of aryl methyl sites for hydroxylation is 1. The Morgan fingerprint density at radius 1 is 0.860 bits per heavy atom. The molecule has 0 radical (unpaired) electrons. The lowest BCUT2D eigenvalue weighted by Crippen LogP contribution is -2.40. The third-order valence-corrected chi connectivity index (χ3v) is 10.7. The van der Waals surface area contributed by atoms with Crippen molar-refractivity contribution in [1.82, 2.24) is 5.32 Å². The summed E-state index contributed by atoms with van der Waals surface area (Å²) in [6.07, 6.45) is 5.74. The predicted octanol–water partition coefficient (Wildman–Crippen LogP) is 9.05. The van der Waals surface area contributed by atoms with Gasteiger partial charge in [-0.15, -0.1) is 0 Å². The van der Waals surface area contributed by atoms with Gasteiger partial charge in [-0.05, 0) is 110 Å². The minimum Gasteiger partial charge on any atom is -0.496 e. The molecule has 0 spiro atoms. The smallest absolute Gasteiger partial charge is 0.312 e. The normalized spacial score (nSPS) is 19.6. The van der Waals surface area contributed by atoms with Gasteiger partial charge in [0.1, 0.15) is 18.1 Å². The Bertz CT molecular complexity index is 1910. The van der Waals surface area contributed by atoms with Crippen molar-refractivity contribution in [2.45, 2.75) is 78.4 Å². The molecule has 0 aromatic heterocycles. The third kappa shape index (κ3) is 7.76. The number of methoxy groups -OCH3 is 1. The SMILES string of the molecule is COc1cc(C)c(O[C@H]2CC[C@@](C)(C(=O)OCc3cccc4ccccc34)CC2)cc1C(=O)Nc1ccc(Cl)cc1C(=O)NCC1(C)CCC1. The van der Waals surface area contributed by atoms with Crippen LogP contribution in [-0.4, -0.2) is 37.5 Å². The largest absolute Gasteiger partial charge is 0.496 e. The Morgan fingerprint density at radius 3 is 2.32 bits per heavy atom. The van der Waals surface area contributed by atoms with E-state index in [2.05, 4.69) is 29.7 Å². The maximum Gasteiger partial charge on any atom is 0.312 e. The first kappa shape index (κ1) is 35.3. The van der Waals surface area contributed by atoms with Gasteiger partial charge in [0.2, 0.25) is 0 Å². The second kappa shape index (κ2) is 14.7. The lowest BCUT2D eigenvalue weighted by molar-refractivity contribution is -0.159. The molecule has 2 aliphatic carbocycles. The molecule has 0 aliphatic heterocycles. The van der Waals surface area contributed by atoms with Crippen molar-refractivity contribution in [2.24, 2.45) is 10.8 Å². The molecule has 262 valence electrons. The van der Waals surface area contributed by atoms with Gasteiger partial charge in [-0.3, -0.25) is 14.4 Å². The molecule has 0 heterocycles. The Hall–Kier alpha value is -4.56. The van der Waals surface area contributed by atoms with E-state index in [1.54, 1.807) is 30.3 Å². The van der Waals surface area contributed by atoms with Crippen LogP contribution in [0, 0.1) is 17.8 Å². The molecule has 4 aromatic rings. The second-order valence-electron chi connectivity index (χ2n) is 14.4. The molecule has 50 heavy (non-hydrogen) atoms. The fourth-order valence-electron chi connectivity index (χ4n) is 6.95. The highest BCUT2D eigenvalue weighted by atomic mass is 35.5. The fourth-order valence-corrected chi connectivity index (χ4v) is 7.12. The molecule has 4 aromatic carbocycles. The number of halogens is 1. The standard InChI is InChI=1S/C41H45ClN2O6/c1-26-21-36(48-4)33(38(46)44-34-14-13-29(42)22-32(34)37(45)43-25-40(2)17-8-18-40)23-35(26)50-30-15-19-41(3,20-16-30)39(47)49-24-28-11-7-10-27-9-5-6-12-31(27)28/h5-7,9-14,21-23,30H,8,15-20,24-25H2,1-4H3,(H,43,45)(H,44,46)/t30-,41+. The summed E-state index contributed by atoms with van der Waals surface area (Å²) < 4.78 is 17.9. The van der Waals surface area contributed by atoms with Gasteiger partial charge in [-0.1, -0.05) is 67.4 Å². The molecule has 2 aliphatic rings. The van der Waals surface area contributed by atoms with E-state index in [-0.39, 0.29) is 41.1 Å². The number of carbonyl (C=O) groups is 3. The van der Waals surface area contributed by atoms with Gasteiger partial charge in [0.25, 0.3) is 11.8 Å². The number of benzene rings is 4. The van der Waals surface area contributed by atoms with E-state index >= 15 is 0 Å². The first-order chi connectivity index (χ1) is 24.0. The van der Waals surface area contributed by atoms with Crippen molar-refractivity contribution in [3.05, 3.63) is 100 Å². The highest BCUT2D eigenvalue weighted by Gasteiger charge is 2.40. The van der Waals surface area contributed by atoms with Gasteiger partial charge in [0.05, 0.1) is 35.4 Å². The van der Waals surface area contributed by atoms with Gasteiger partial charge < -0.3 is 24.8 Å². The number of amides is 2. The average molecular weight is 697 g/mol. The van der Waals surface area contributed by atoms with E-state index in [1.165, 1.54) is 7.11 Å². The lowest BCUT2D eigenvalue weighted by Gasteiger charge is -2.38. The number of fused-ring (bicyclic) bond motifs is 1. The molecule has 0 unspecified atom stereocenters. The predicted molar refractivity (Wildman–Crippen MR) is 196 cm³/mol. The van der Waals surface area contributed by atoms with E-state index < -0.39 is 11.3 Å². The average Bonchev–Trinajstić information content (AvgIpc) is 3.10. The van der Waals surface area contributed by atoms with Crippen LogP contribution in [-0.2, 0) is 16.1 Å². The Balaban J connectivity index is 1.10. The summed E-state index contributed by atoms with van der Waals surface area (Å²) in [4.78, 5) is 40.2. The monoisotopic (exact) mass is 696 g/mol. The maximum atomic E-state index is 13.7. The summed E-state index contributed by atoms with van der Waals surface area (Å²) in [5, 5.41) is 8.51. The first-order valence-electron chi connectivity index (χ1n) is 17.4. The molecule has 6 rings (SSSR count). The molecule has 0 bridgehead atoms. The Kier molecular flexibility index (Phi) is 10.4. The molecule has 0 saturated heterocycles. The number of anilines is 1. The number of esters is 1. The Morgan fingerprint density at radius 2 is 1.60 bits per heavy atom. The van der Waals surface area contributed by atoms with E-state index in [0.717, 1.165) is 41.2 Å². The molecule has 8 nitrogen and oxygen atoms in total. The number of nitrogens with one attached hydrogen (secondary N) is 2. The minimum absolute atomic E-state index is 0.0989. The van der Waals surface area contributed by atoms with Crippen LogP contribution in [0.25, 0.3) is 10.8 Å². The van der Waals surface area contributed by atoms with Crippen molar-refractivity contribution in [2.75, 3.05) is 19.0 Å². The molecule has 2 N–H and O–H groups in total. The van der Waals surface area contributed by atoms with Gasteiger partial charge in [-0.25, -0.2) is 0 Å². The highest BCUT2D eigenvalue weighted by molar-refractivity contribution is 6.31. The van der Waals surface area contributed by atoms with Crippen LogP contribution in [0.2, 0.25) is 5.02 Å². The first-order valence-corrected chi connectivity index (χ1v) is 17.7. The van der Waals surface area contributed by atoms with Crippen LogP contribution in [0.3, 0.4) is 0 Å². The number of hydrogen-bond acceptors (Lipinski definition) is 6. The van der Waals surface area contributed by atoms with Crippen LogP contribution in [0.5, 0.6) is 11.5 Å². The van der Waals surface area contributed by atoms with Gasteiger partial charge in [0, 0.05) is 11.6 Å². The maximum absolute atomic E-state index is 13.7. The molecule has 0 atom stereocenters. The van der Waals surface area contributed by atoms with Crippen molar-refractivity contribution in [3.63, 3.8) is 0 Å². The zero-order valence-corrected chi connectivity index (χ0v) is 30.0. The zero-order chi connectivity index (χ0) is 35.5. The topological polar surface area (TPSA) is 103 Å². The molecular formula is C41H45ClN2O6. The number of ether oxygens (including phenoxy) is 3. The van der Waals surface area contributed by atoms with Crippen molar-refractivity contribution < 1.29 is 28.6 Å². The summed E-state index contributed by atoms with van der Waals surface area (Å²) in [5.41, 5.74) is 2.20. The quantitative estimate of drug-likeness (QED) is 0.152. The minimum atomic E-state index is -0.609. The zero-order valence-electron chi connectivity index (χ0n) is 29.2. The van der Waals surface area contributed by atoms with Gasteiger partial charge >= 0.3 is 5.97 Å². The fraction of sp³-hybridized carbons (Fsp3) is 0.390. The van der Waals surface area contributed by atoms with Crippen LogP contribution >= 0.6 is 11.6 Å². The lowest BCUT2D eigenvalue weighted by atomic mass is 9.70. The van der Waals surface area contributed by atoms with Crippen molar-refractivity contribution in [1.29, 1.82) is 0 Å². The molecule has 9 heteroatoms. The summed E-state index contributed by atoms with van der Waals surface area (Å²) in [5.74, 6) is 0.00832. The second-order valence-corrected chi connectivity index (χ2v) is 14.8. The van der Waals surface area contributed by atoms with E-state index in [0.29, 0.717) is 54.4 Å². The molecular weight excluding hydrogens is 652 g/mol. The molecule has 2 fully saturated rings. The van der Waals surface area contributed by atoms with Crippen LogP contribution < -0.4 is 20.1 Å².